The predicted octanol–water partition coefficient (Wildman–Crippen LogP) is 2.89. The lowest BCUT2D eigenvalue weighted by Gasteiger charge is -2.19. The van der Waals surface area contributed by atoms with Crippen LogP contribution in [0, 0.1) is 5.92 Å². The van der Waals surface area contributed by atoms with Crippen LogP contribution in [0.1, 0.15) is 44.9 Å². The van der Waals surface area contributed by atoms with E-state index in [1.165, 1.54) is 38.5 Å². The van der Waals surface area contributed by atoms with Crippen LogP contribution in [0.25, 0.3) is 0 Å². The first kappa shape index (κ1) is 9.79. The van der Waals surface area contributed by atoms with Gasteiger partial charge in [0.2, 0.25) is 0 Å². The molecule has 0 aliphatic heterocycles. The number of aliphatic hydroxyl groups is 1. The van der Waals surface area contributed by atoms with Crippen molar-refractivity contribution in [2.75, 3.05) is 0 Å². The SMILES string of the molecule is C=CCC(O)C1CCCCCC1. The van der Waals surface area contributed by atoms with E-state index in [1.807, 2.05) is 6.08 Å². The fourth-order valence-corrected chi connectivity index (χ4v) is 2.06. The van der Waals surface area contributed by atoms with Gasteiger partial charge in [-0.2, -0.15) is 0 Å². The van der Waals surface area contributed by atoms with Gasteiger partial charge in [0, 0.05) is 0 Å². The first-order valence-electron chi connectivity index (χ1n) is 5.13. The van der Waals surface area contributed by atoms with Gasteiger partial charge < -0.3 is 5.11 Å². The van der Waals surface area contributed by atoms with Crippen molar-refractivity contribution < 1.29 is 5.11 Å². The lowest BCUT2D eigenvalue weighted by Crippen LogP contribution is -2.18. The summed E-state index contributed by atoms with van der Waals surface area (Å²) in [5.74, 6) is 0.547. The second-order valence-electron chi connectivity index (χ2n) is 3.84. The zero-order chi connectivity index (χ0) is 8.81. The molecular formula is C11H20O. The van der Waals surface area contributed by atoms with Gasteiger partial charge >= 0.3 is 0 Å². The lowest BCUT2D eigenvalue weighted by molar-refractivity contribution is 0.101. The van der Waals surface area contributed by atoms with E-state index in [4.69, 9.17) is 0 Å². The Morgan fingerprint density at radius 1 is 1.25 bits per heavy atom. The van der Waals surface area contributed by atoms with Gasteiger partial charge in [-0.15, -0.1) is 6.58 Å². The zero-order valence-corrected chi connectivity index (χ0v) is 7.84. The Bertz CT molecular complexity index is 123. The maximum absolute atomic E-state index is 9.73. The van der Waals surface area contributed by atoms with E-state index in [0.29, 0.717) is 5.92 Å². The number of hydrogen-bond donors (Lipinski definition) is 1. The molecule has 0 saturated heterocycles. The Morgan fingerprint density at radius 2 is 1.83 bits per heavy atom. The average Bonchev–Trinajstić information content (AvgIpc) is 2.32. The van der Waals surface area contributed by atoms with Crippen molar-refractivity contribution in [3.63, 3.8) is 0 Å². The summed E-state index contributed by atoms with van der Waals surface area (Å²) < 4.78 is 0. The predicted molar refractivity (Wildman–Crippen MR) is 52.0 cm³/mol. The minimum Gasteiger partial charge on any atom is -0.393 e. The van der Waals surface area contributed by atoms with E-state index in [2.05, 4.69) is 6.58 Å². The monoisotopic (exact) mass is 168 g/mol. The van der Waals surface area contributed by atoms with Crippen LogP contribution in [0.2, 0.25) is 0 Å². The highest BCUT2D eigenvalue weighted by Crippen LogP contribution is 2.26. The van der Waals surface area contributed by atoms with Crippen LogP contribution in [0.3, 0.4) is 0 Å². The third kappa shape index (κ3) is 2.98. The van der Waals surface area contributed by atoms with E-state index in [-0.39, 0.29) is 6.10 Å². The molecule has 1 fully saturated rings. The van der Waals surface area contributed by atoms with Gasteiger partial charge in [-0.05, 0) is 25.2 Å². The van der Waals surface area contributed by atoms with Crippen LogP contribution < -0.4 is 0 Å². The maximum Gasteiger partial charge on any atom is 0.0602 e. The minimum absolute atomic E-state index is 0.124. The molecule has 0 amide bonds. The summed E-state index contributed by atoms with van der Waals surface area (Å²) in [5, 5.41) is 9.73. The van der Waals surface area contributed by atoms with Gasteiger partial charge in [0.05, 0.1) is 6.10 Å². The van der Waals surface area contributed by atoms with Crippen molar-refractivity contribution in [3.05, 3.63) is 12.7 Å². The first-order valence-corrected chi connectivity index (χ1v) is 5.13. The Balaban J connectivity index is 2.31. The molecule has 1 nitrogen and oxygen atoms in total. The van der Waals surface area contributed by atoms with Crippen LogP contribution in [-0.2, 0) is 0 Å². The van der Waals surface area contributed by atoms with Gasteiger partial charge in [0.15, 0.2) is 0 Å². The van der Waals surface area contributed by atoms with Crippen LogP contribution in [0.4, 0.5) is 0 Å². The van der Waals surface area contributed by atoms with E-state index in [1.54, 1.807) is 0 Å². The molecule has 0 heterocycles. The summed E-state index contributed by atoms with van der Waals surface area (Å²) in [4.78, 5) is 0. The van der Waals surface area contributed by atoms with Crippen LogP contribution in [0.5, 0.6) is 0 Å². The largest absolute Gasteiger partial charge is 0.393 e. The van der Waals surface area contributed by atoms with Crippen LogP contribution in [0.15, 0.2) is 12.7 Å². The summed E-state index contributed by atoms with van der Waals surface area (Å²) in [7, 11) is 0. The summed E-state index contributed by atoms with van der Waals surface area (Å²) >= 11 is 0. The van der Waals surface area contributed by atoms with Crippen LogP contribution >= 0.6 is 0 Å². The quantitative estimate of drug-likeness (QED) is 0.507. The fourth-order valence-electron chi connectivity index (χ4n) is 2.06. The first-order chi connectivity index (χ1) is 5.84. The summed E-state index contributed by atoms with van der Waals surface area (Å²) in [6.45, 7) is 3.66. The number of aliphatic hydroxyl groups excluding tert-OH is 1. The van der Waals surface area contributed by atoms with Crippen molar-refractivity contribution in [2.24, 2.45) is 5.92 Å². The molecule has 0 aromatic rings. The lowest BCUT2D eigenvalue weighted by atomic mass is 9.92. The molecular weight excluding hydrogens is 148 g/mol. The Kier molecular flexibility index (Phi) is 4.37. The minimum atomic E-state index is -0.124. The number of rotatable bonds is 3. The highest BCUT2D eigenvalue weighted by atomic mass is 16.3. The molecule has 70 valence electrons. The summed E-state index contributed by atoms with van der Waals surface area (Å²) in [6, 6.07) is 0. The Hall–Kier alpha value is -0.300. The van der Waals surface area contributed by atoms with Gasteiger partial charge in [0.1, 0.15) is 0 Å². The third-order valence-electron chi connectivity index (χ3n) is 2.85. The summed E-state index contributed by atoms with van der Waals surface area (Å²) in [5.41, 5.74) is 0. The van der Waals surface area contributed by atoms with Gasteiger partial charge in [-0.25, -0.2) is 0 Å². The maximum atomic E-state index is 9.73. The molecule has 0 bridgehead atoms. The fraction of sp³-hybridized carbons (Fsp3) is 0.818. The molecule has 1 aliphatic rings. The second-order valence-corrected chi connectivity index (χ2v) is 3.84. The highest BCUT2D eigenvalue weighted by molar-refractivity contribution is 4.79. The van der Waals surface area contributed by atoms with Crippen molar-refractivity contribution in [1.29, 1.82) is 0 Å². The summed E-state index contributed by atoms with van der Waals surface area (Å²) in [6.07, 6.45) is 10.2. The molecule has 1 rings (SSSR count). The van der Waals surface area contributed by atoms with E-state index in [9.17, 15) is 5.11 Å². The molecule has 0 aromatic carbocycles. The molecule has 1 saturated carbocycles. The Morgan fingerprint density at radius 3 is 2.33 bits per heavy atom. The highest BCUT2D eigenvalue weighted by Gasteiger charge is 2.18. The normalized spacial score (nSPS) is 23.1. The van der Waals surface area contributed by atoms with E-state index < -0.39 is 0 Å². The second kappa shape index (κ2) is 5.36. The molecule has 1 N–H and O–H groups in total. The molecule has 1 atom stereocenters. The molecule has 0 radical (unpaired) electrons. The van der Waals surface area contributed by atoms with Gasteiger partial charge in [-0.1, -0.05) is 31.8 Å². The van der Waals surface area contributed by atoms with Gasteiger partial charge in [0.25, 0.3) is 0 Å². The van der Waals surface area contributed by atoms with Crippen molar-refractivity contribution in [2.45, 2.75) is 51.0 Å². The van der Waals surface area contributed by atoms with E-state index in [0.717, 1.165) is 6.42 Å². The van der Waals surface area contributed by atoms with Crippen molar-refractivity contribution in [1.82, 2.24) is 0 Å². The average molecular weight is 168 g/mol. The molecule has 0 aromatic heterocycles. The zero-order valence-electron chi connectivity index (χ0n) is 7.84. The van der Waals surface area contributed by atoms with Crippen molar-refractivity contribution in [3.8, 4) is 0 Å². The molecule has 1 unspecified atom stereocenters. The number of hydrogen-bond acceptors (Lipinski definition) is 1. The molecule has 0 spiro atoms. The molecule has 1 heteroatoms. The van der Waals surface area contributed by atoms with E-state index >= 15 is 0 Å². The van der Waals surface area contributed by atoms with Crippen molar-refractivity contribution >= 4 is 0 Å². The molecule has 12 heavy (non-hydrogen) atoms. The van der Waals surface area contributed by atoms with Crippen LogP contribution in [-0.4, -0.2) is 11.2 Å². The van der Waals surface area contributed by atoms with Gasteiger partial charge in [-0.3, -0.25) is 0 Å². The molecule has 1 aliphatic carbocycles. The standard InChI is InChI=1S/C11H20O/c1-2-7-11(12)10-8-5-3-4-6-9-10/h2,10-12H,1,3-9H2. The Labute approximate surface area is 75.5 Å². The topological polar surface area (TPSA) is 20.2 Å². The third-order valence-corrected chi connectivity index (χ3v) is 2.85. The smallest absolute Gasteiger partial charge is 0.0602 e.